The Hall–Kier alpha value is -3.13. The van der Waals surface area contributed by atoms with Crippen LogP contribution in [0.5, 0.6) is 5.75 Å². The predicted octanol–water partition coefficient (Wildman–Crippen LogP) is 3.14. The van der Waals surface area contributed by atoms with Crippen molar-refractivity contribution in [3.05, 3.63) is 53.3 Å². The lowest BCUT2D eigenvalue weighted by molar-refractivity contribution is -0.155. The minimum absolute atomic E-state index is 0.150. The van der Waals surface area contributed by atoms with Crippen LogP contribution in [0.4, 0.5) is 15.8 Å². The summed E-state index contributed by atoms with van der Waals surface area (Å²) >= 11 is 5.66. The van der Waals surface area contributed by atoms with Crippen molar-refractivity contribution in [2.75, 3.05) is 10.6 Å². The molecule has 7 nitrogen and oxygen atoms in total. The van der Waals surface area contributed by atoms with Gasteiger partial charge in [-0.1, -0.05) is 23.7 Å². The lowest BCUT2D eigenvalue weighted by Crippen LogP contribution is -2.40. The zero-order valence-corrected chi connectivity index (χ0v) is 15.5. The number of carbonyl (C=O) groups is 3. The van der Waals surface area contributed by atoms with Crippen LogP contribution in [0, 0.1) is 5.82 Å². The van der Waals surface area contributed by atoms with Crippen LogP contribution < -0.4 is 15.4 Å². The number of nitrogens with one attached hydrogen (secondary N) is 2. The van der Waals surface area contributed by atoms with Crippen molar-refractivity contribution in [2.24, 2.45) is 0 Å². The van der Waals surface area contributed by atoms with Crippen molar-refractivity contribution >= 4 is 40.8 Å². The van der Waals surface area contributed by atoms with Gasteiger partial charge in [-0.3, -0.25) is 14.4 Å². The van der Waals surface area contributed by atoms with Gasteiger partial charge in [0, 0.05) is 5.69 Å². The van der Waals surface area contributed by atoms with E-state index in [4.69, 9.17) is 21.1 Å². The van der Waals surface area contributed by atoms with E-state index in [-0.39, 0.29) is 17.1 Å². The molecule has 0 bridgehead atoms. The predicted molar refractivity (Wildman–Crippen MR) is 99.7 cm³/mol. The monoisotopic (exact) mass is 406 g/mol. The van der Waals surface area contributed by atoms with E-state index in [1.165, 1.54) is 19.1 Å². The second-order valence-corrected chi connectivity index (χ2v) is 6.45. The first kappa shape index (κ1) is 19.6. The Morgan fingerprint density at radius 3 is 2.82 bits per heavy atom. The smallest absolute Gasteiger partial charge is 0.310 e. The van der Waals surface area contributed by atoms with Gasteiger partial charge in [0.05, 0.1) is 17.1 Å². The van der Waals surface area contributed by atoms with Gasteiger partial charge in [-0.05, 0) is 37.3 Å². The van der Waals surface area contributed by atoms with Crippen LogP contribution in [-0.2, 0) is 19.1 Å². The summed E-state index contributed by atoms with van der Waals surface area (Å²) in [5.74, 6) is -2.06. The maximum absolute atomic E-state index is 13.2. The number of hydrogen-bond donors (Lipinski definition) is 2. The molecule has 0 fully saturated rings. The molecule has 0 aromatic heterocycles. The van der Waals surface area contributed by atoms with E-state index < -0.39 is 35.8 Å². The lowest BCUT2D eigenvalue weighted by Gasteiger charge is -2.25. The zero-order chi connectivity index (χ0) is 20.3. The number of halogens is 2. The molecule has 1 aliphatic rings. The van der Waals surface area contributed by atoms with Gasteiger partial charge in [0.15, 0.2) is 12.2 Å². The van der Waals surface area contributed by atoms with E-state index in [1.807, 2.05) is 0 Å². The molecule has 0 saturated heterocycles. The fourth-order valence-electron chi connectivity index (χ4n) is 2.49. The topological polar surface area (TPSA) is 93.7 Å². The van der Waals surface area contributed by atoms with Gasteiger partial charge in [0.1, 0.15) is 11.6 Å². The van der Waals surface area contributed by atoms with Crippen LogP contribution in [0.2, 0.25) is 5.02 Å². The molecule has 0 saturated carbocycles. The minimum atomic E-state index is -1.14. The average Bonchev–Trinajstić information content (AvgIpc) is 2.65. The maximum atomic E-state index is 13.2. The average molecular weight is 407 g/mol. The number of fused-ring (bicyclic) bond motifs is 1. The van der Waals surface area contributed by atoms with Crippen LogP contribution in [0.3, 0.4) is 0 Å². The summed E-state index contributed by atoms with van der Waals surface area (Å²) in [6.45, 7) is 1.37. The molecule has 2 N–H and O–H groups in total. The third-order valence-electron chi connectivity index (χ3n) is 3.92. The van der Waals surface area contributed by atoms with E-state index in [0.29, 0.717) is 11.4 Å². The SMILES string of the molecule is C[C@@H](OC(=O)C[C@H]1Oc2ccccc2NC1=O)C(=O)Nc1ccc(F)c(Cl)c1. The molecule has 2 aromatic carbocycles. The number of para-hydroxylation sites is 2. The summed E-state index contributed by atoms with van der Waals surface area (Å²) in [6, 6.07) is 10.5. The zero-order valence-electron chi connectivity index (χ0n) is 14.7. The number of esters is 1. The Kier molecular flexibility index (Phi) is 5.79. The molecule has 0 spiro atoms. The summed E-state index contributed by atoms with van der Waals surface area (Å²) in [7, 11) is 0. The molecule has 3 rings (SSSR count). The largest absolute Gasteiger partial charge is 0.478 e. The Morgan fingerprint density at radius 1 is 1.32 bits per heavy atom. The molecule has 2 amide bonds. The number of amides is 2. The summed E-state index contributed by atoms with van der Waals surface area (Å²) < 4.78 is 23.7. The summed E-state index contributed by atoms with van der Waals surface area (Å²) in [4.78, 5) is 36.3. The van der Waals surface area contributed by atoms with Gasteiger partial charge in [0.2, 0.25) is 0 Å². The molecule has 2 atom stereocenters. The van der Waals surface area contributed by atoms with Crippen molar-refractivity contribution in [1.29, 1.82) is 0 Å². The van der Waals surface area contributed by atoms with Crippen molar-refractivity contribution in [3.63, 3.8) is 0 Å². The Morgan fingerprint density at radius 2 is 2.07 bits per heavy atom. The Bertz CT molecular complexity index is 936. The number of ether oxygens (including phenoxy) is 2. The number of benzene rings is 2. The summed E-state index contributed by atoms with van der Waals surface area (Å²) in [5.41, 5.74) is 0.772. The number of rotatable bonds is 5. The highest BCUT2D eigenvalue weighted by atomic mass is 35.5. The van der Waals surface area contributed by atoms with Crippen molar-refractivity contribution in [1.82, 2.24) is 0 Å². The molecular weight excluding hydrogens is 391 g/mol. The molecule has 1 aliphatic heterocycles. The quantitative estimate of drug-likeness (QED) is 0.744. The van der Waals surface area contributed by atoms with Gasteiger partial charge < -0.3 is 20.1 Å². The van der Waals surface area contributed by atoms with Gasteiger partial charge >= 0.3 is 5.97 Å². The van der Waals surface area contributed by atoms with Gasteiger partial charge in [0.25, 0.3) is 11.8 Å². The maximum Gasteiger partial charge on any atom is 0.310 e. The summed E-state index contributed by atoms with van der Waals surface area (Å²) in [5, 5.41) is 4.95. The molecule has 9 heteroatoms. The van der Waals surface area contributed by atoms with Crippen LogP contribution in [-0.4, -0.2) is 30.0 Å². The number of carbonyl (C=O) groups excluding carboxylic acids is 3. The lowest BCUT2D eigenvalue weighted by atomic mass is 10.1. The van der Waals surface area contributed by atoms with Crippen LogP contribution in [0.15, 0.2) is 42.5 Å². The van der Waals surface area contributed by atoms with Crippen molar-refractivity contribution in [2.45, 2.75) is 25.6 Å². The highest BCUT2D eigenvalue weighted by molar-refractivity contribution is 6.31. The fraction of sp³-hybridized carbons (Fsp3) is 0.211. The van der Waals surface area contributed by atoms with Crippen LogP contribution in [0.1, 0.15) is 13.3 Å². The van der Waals surface area contributed by atoms with E-state index in [0.717, 1.165) is 6.07 Å². The molecule has 146 valence electrons. The van der Waals surface area contributed by atoms with E-state index in [2.05, 4.69) is 10.6 Å². The van der Waals surface area contributed by atoms with E-state index >= 15 is 0 Å². The van der Waals surface area contributed by atoms with Gasteiger partial charge in [-0.25, -0.2) is 4.39 Å². The van der Waals surface area contributed by atoms with Gasteiger partial charge in [-0.15, -0.1) is 0 Å². The molecular formula is C19H16ClFN2O5. The first-order valence-corrected chi connectivity index (χ1v) is 8.73. The Labute approximate surface area is 164 Å². The first-order chi connectivity index (χ1) is 13.3. The number of hydrogen-bond acceptors (Lipinski definition) is 5. The van der Waals surface area contributed by atoms with Crippen LogP contribution in [0.25, 0.3) is 0 Å². The fourth-order valence-corrected chi connectivity index (χ4v) is 2.68. The highest BCUT2D eigenvalue weighted by Crippen LogP contribution is 2.29. The van der Waals surface area contributed by atoms with Crippen molar-refractivity contribution in [3.8, 4) is 5.75 Å². The normalized spacial score (nSPS) is 16.2. The third kappa shape index (κ3) is 4.58. The van der Waals surface area contributed by atoms with Crippen LogP contribution >= 0.6 is 11.6 Å². The second-order valence-electron chi connectivity index (χ2n) is 6.05. The standard InChI is InChI=1S/C19H16ClFN2O5/c1-10(18(25)22-11-6-7-13(21)12(20)8-11)27-17(24)9-16-19(26)23-14-4-2-3-5-15(14)28-16/h2-8,10,16H,9H2,1H3,(H,22,25)(H,23,26)/t10-,16-/m1/s1. The molecule has 0 aliphatic carbocycles. The molecule has 0 radical (unpaired) electrons. The van der Waals surface area contributed by atoms with E-state index in [9.17, 15) is 18.8 Å². The molecule has 0 unspecified atom stereocenters. The highest BCUT2D eigenvalue weighted by Gasteiger charge is 2.31. The van der Waals surface area contributed by atoms with Gasteiger partial charge in [-0.2, -0.15) is 0 Å². The second kappa shape index (κ2) is 8.26. The summed E-state index contributed by atoms with van der Waals surface area (Å²) in [6.07, 6.45) is -2.57. The third-order valence-corrected chi connectivity index (χ3v) is 4.21. The first-order valence-electron chi connectivity index (χ1n) is 8.35. The Balaban J connectivity index is 1.54. The van der Waals surface area contributed by atoms with E-state index in [1.54, 1.807) is 24.3 Å². The number of anilines is 2. The molecule has 28 heavy (non-hydrogen) atoms. The molecule has 1 heterocycles. The molecule has 2 aromatic rings. The van der Waals surface area contributed by atoms with Crippen molar-refractivity contribution < 1.29 is 28.2 Å². The minimum Gasteiger partial charge on any atom is -0.478 e.